The molecule has 1 aliphatic heterocycles. The number of benzene rings is 1. The Hall–Kier alpha value is -0.590. The first-order chi connectivity index (χ1) is 8.39. The average molecular weight is 353 g/mol. The van der Waals surface area contributed by atoms with E-state index in [0.717, 1.165) is 0 Å². The van der Waals surface area contributed by atoms with Gasteiger partial charge in [-0.25, -0.2) is 8.42 Å². The quantitative estimate of drug-likeness (QED) is 0.885. The van der Waals surface area contributed by atoms with E-state index in [0.29, 0.717) is 21.5 Å². The Morgan fingerprint density at radius 3 is 2.78 bits per heavy atom. The van der Waals surface area contributed by atoms with Gasteiger partial charge in [0.2, 0.25) is 0 Å². The van der Waals surface area contributed by atoms with Crippen LogP contribution in [0.15, 0.2) is 22.7 Å². The van der Waals surface area contributed by atoms with E-state index in [1.165, 1.54) is 0 Å². The molecule has 1 unspecified atom stereocenters. The third kappa shape index (κ3) is 3.05. The predicted molar refractivity (Wildman–Crippen MR) is 73.7 cm³/mol. The molecule has 1 N–H and O–H groups in total. The van der Waals surface area contributed by atoms with Gasteiger partial charge >= 0.3 is 0 Å². The molecule has 0 aliphatic carbocycles. The highest BCUT2D eigenvalue weighted by Crippen LogP contribution is 2.26. The van der Waals surface area contributed by atoms with Crippen LogP contribution >= 0.6 is 27.5 Å². The van der Waals surface area contributed by atoms with E-state index >= 15 is 0 Å². The number of rotatable bonds is 2. The number of carbonyl (C=O) groups is 1. The molecule has 0 radical (unpaired) electrons. The Kier molecular flexibility index (Phi) is 3.99. The summed E-state index contributed by atoms with van der Waals surface area (Å²) < 4.78 is 23.2. The Morgan fingerprint density at radius 1 is 1.44 bits per heavy atom. The molecule has 1 fully saturated rings. The van der Waals surface area contributed by atoms with Crippen LogP contribution < -0.4 is 5.32 Å². The third-order valence-electron chi connectivity index (χ3n) is 2.76. The number of carbonyl (C=O) groups excluding carboxylic acids is 1. The first-order valence-electron chi connectivity index (χ1n) is 5.34. The molecule has 1 aliphatic rings. The second-order valence-corrected chi connectivity index (χ2v) is 7.64. The molecule has 2 rings (SSSR count). The molecule has 1 saturated heterocycles. The van der Waals surface area contributed by atoms with Gasteiger partial charge in [0.05, 0.1) is 22.1 Å². The lowest BCUT2D eigenvalue weighted by Crippen LogP contribution is -2.35. The van der Waals surface area contributed by atoms with Crippen LogP contribution in [0.3, 0.4) is 0 Å². The molecule has 0 bridgehead atoms. The zero-order chi connectivity index (χ0) is 13.3. The fourth-order valence-corrected chi connectivity index (χ4v) is 4.10. The minimum atomic E-state index is -3.00. The molecule has 18 heavy (non-hydrogen) atoms. The highest BCUT2D eigenvalue weighted by Gasteiger charge is 2.29. The van der Waals surface area contributed by atoms with Crippen LogP contribution in [-0.4, -0.2) is 31.9 Å². The third-order valence-corrected chi connectivity index (χ3v) is 5.83. The van der Waals surface area contributed by atoms with E-state index in [9.17, 15) is 13.2 Å². The van der Waals surface area contributed by atoms with E-state index in [1.807, 2.05) is 0 Å². The van der Waals surface area contributed by atoms with E-state index in [1.54, 1.807) is 18.2 Å². The Morgan fingerprint density at radius 2 is 2.17 bits per heavy atom. The van der Waals surface area contributed by atoms with Gasteiger partial charge in [0.15, 0.2) is 9.84 Å². The van der Waals surface area contributed by atoms with Crippen molar-refractivity contribution in [1.29, 1.82) is 0 Å². The fourth-order valence-electron chi connectivity index (χ4n) is 1.85. The summed E-state index contributed by atoms with van der Waals surface area (Å²) >= 11 is 9.24. The van der Waals surface area contributed by atoms with Crippen LogP contribution in [0.25, 0.3) is 0 Å². The summed E-state index contributed by atoms with van der Waals surface area (Å²) in [5, 5.41) is 3.02. The smallest absolute Gasteiger partial charge is 0.253 e. The van der Waals surface area contributed by atoms with Crippen LogP contribution in [-0.2, 0) is 9.84 Å². The highest BCUT2D eigenvalue weighted by molar-refractivity contribution is 9.10. The van der Waals surface area contributed by atoms with Crippen LogP contribution in [0.2, 0.25) is 5.02 Å². The molecule has 1 aromatic carbocycles. The molecule has 1 heterocycles. The number of amides is 1. The fraction of sp³-hybridized carbons (Fsp3) is 0.364. The Labute approximate surface area is 119 Å². The first-order valence-corrected chi connectivity index (χ1v) is 8.33. The van der Waals surface area contributed by atoms with Crippen molar-refractivity contribution in [2.24, 2.45) is 0 Å². The molecule has 7 heteroatoms. The van der Waals surface area contributed by atoms with Gasteiger partial charge in [-0.15, -0.1) is 0 Å². The number of sulfone groups is 1. The van der Waals surface area contributed by atoms with Gasteiger partial charge in [-0.2, -0.15) is 0 Å². The van der Waals surface area contributed by atoms with Gasteiger partial charge in [0, 0.05) is 10.5 Å². The molecular weight excluding hydrogens is 342 g/mol. The van der Waals surface area contributed by atoms with Gasteiger partial charge in [-0.05, 0) is 34.5 Å². The topological polar surface area (TPSA) is 63.2 Å². The Bertz CT molecular complexity index is 588. The summed E-state index contributed by atoms with van der Waals surface area (Å²) in [5.41, 5.74) is 0.343. The second-order valence-electron chi connectivity index (χ2n) is 4.17. The molecule has 98 valence electrons. The van der Waals surface area contributed by atoms with E-state index < -0.39 is 9.84 Å². The number of nitrogens with one attached hydrogen (secondary N) is 1. The van der Waals surface area contributed by atoms with Crippen molar-refractivity contribution in [3.63, 3.8) is 0 Å². The van der Waals surface area contributed by atoms with E-state index in [2.05, 4.69) is 21.2 Å². The molecule has 0 saturated carbocycles. The molecule has 0 spiro atoms. The van der Waals surface area contributed by atoms with Crippen molar-refractivity contribution in [2.45, 2.75) is 12.5 Å². The molecule has 1 amide bonds. The van der Waals surface area contributed by atoms with Crippen LogP contribution in [0.4, 0.5) is 0 Å². The van der Waals surface area contributed by atoms with Crippen molar-refractivity contribution < 1.29 is 13.2 Å². The monoisotopic (exact) mass is 351 g/mol. The minimum Gasteiger partial charge on any atom is -0.348 e. The van der Waals surface area contributed by atoms with Crippen molar-refractivity contribution in [1.82, 2.24) is 5.32 Å². The second kappa shape index (κ2) is 5.19. The maximum Gasteiger partial charge on any atom is 0.253 e. The van der Waals surface area contributed by atoms with E-state index in [4.69, 9.17) is 11.6 Å². The molecule has 1 aromatic rings. The summed E-state index contributed by atoms with van der Waals surface area (Å²) in [6.07, 6.45) is 0.458. The average Bonchev–Trinajstić information content (AvgIpc) is 2.62. The number of hydrogen-bond donors (Lipinski definition) is 1. The summed E-state index contributed by atoms with van der Waals surface area (Å²) in [7, 11) is -3.00. The van der Waals surface area contributed by atoms with Crippen LogP contribution in [0.1, 0.15) is 16.8 Å². The van der Waals surface area contributed by atoms with Crippen LogP contribution in [0, 0.1) is 0 Å². The number of hydrogen-bond acceptors (Lipinski definition) is 3. The largest absolute Gasteiger partial charge is 0.348 e. The van der Waals surface area contributed by atoms with Crippen LogP contribution in [0.5, 0.6) is 0 Å². The van der Waals surface area contributed by atoms with Crippen molar-refractivity contribution in [3.05, 3.63) is 33.3 Å². The normalized spacial score (nSPS) is 21.8. The summed E-state index contributed by atoms with van der Waals surface area (Å²) in [6.45, 7) is 0. The zero-order valence-electron chi connectivity index (χ0n) is 9.32. The lowest BCUT2D eigenvalue weighted by molar-refractivity contribution is 0.0941. The highest BCUT2D eigenvalue weighted by atomic mass is 79.9. The lowest BCUT2D eigenvalue weighted by Gasteiger charge is -2.12. The van der Waals surface area contributed by atoms with E-state index in [-0.39, 0.29) is 23.5 Å². The molecular formula is C11H11BrClNO3S. The molecule has 0 aromatic heterocycles. The van der Waals surface area contributed by atoms with Crippen molar-refractivity contribution in [3.8, 4) is 0 Å². The minimum absolute atomic E-state index is 0.00433. The maximum absolute atomic E-state index is 12.0. The SMILES string of the molecule is O=C(NC1CCS(=O)(=O)C1)c1cccc(Br)c1Cl. The number of halogens is 2. The standard InChI is InChI=1S/C11H11BrClNO3S/c12-9-3-1-2-8(10(9)13)11(15)14-7-4-5-18(16,17)6-7/h1-3,7H,4-6H2,(H,14,15). The van der Waals surface area contributed by atoms with Gasteiger partial charge in [-0.1, -0.05) is 17.7 Å². The zero-order valence-corrected chi connectivity index (χ0v) is 12.5. The summed E-state index contributed by atoms with van der Waals surface area (Å²) in [6, 6.07) is 4.72. The van der Waals surface area contributed by atoms with Crippen molar-refractivity contribution in [2.75, 3.05) is 11.5 Å². The molecule has 4 nitrogen and oxygen atoms in total. The molecule has 1 atom stereocenters. The summed E-state index contributed by atoms with van der Waals surface area (Å²) in [4.78, 5) is 12.0. The maximum atomic E-state index is 12.0. The first kappa shape index (κ1) is 13.8. The van der Waals surface area contributed by atoms with Crippen molar-refractivity contribution >= 4 is 43.3 Å². The van der Waals surface area contributed by atoms with Gasteiger partial charge in [0.1, 0.15) is 0 Å². The van der Waals surface area contributed by atoms with Gasteiger partial charge in [-0.3, -0.25) is 4.79 Å². The lowest BCUT2D eigenvalue weighted by atomic mass is 10.2. The van der Waals surface area contributed by atoms with Gasteiger partial charge in [0.25, 0.3) is 5.91 Å². The summed E-state index contributed by atoms with van der Waals surface area (Å²) in [5.74, 6) is -0.211. The van der Waals surface area contributed by atoms with Gasteiger partial charge < -0.3 is 5.32 Å². The predicted octanol–water partition coefficient (Wildman–Crippen LogP) is 2.02. The Balaban J connectivity index is 2.11.